The molecule has 0 amide bonds. The summed E-state index contributed by atoms with van der Waals surface area (Å²) in [5.74, 6) is 2.55. The Morgan fingerprint density at radius 3 is 2.84 bits per heavy atom. The molecule has 1 aliphatic carbocycles. The van der Waals surface area contributed by atoms with Crippen LogP contribution in [-0.4, -0.2) is 34.3 Å². The van der Waals surface area contributed by atoms with Gasteiger partial charge in [-0.1, -0.05) is 29.8 Å². The van der Waals surface area contributed by atoms with E-state index in [1.165, 1.54) is 0 Å². The second-order valence-corrected chi connectivity index (χ2v) is 8.19. The SMILES string of the molecule is CCOc1ccc([C@@H]2C3=C(CCCC3=O)Nc3nc(-c4cccc(Cl)c4)nn32)cc1OC. The van der Waals surface area contributed by atoms with Gasteiger partial charge < -0.3 is 14.8 Å². The highest BCUT2D eigenvalue weighted by molar-refractivity contribution is 6.30. The van der Waals surface area contributed by atoms with E-state index in [1.807, 2.05) is 49.4 Å². The minimum atomic E-state index is -0.404. The Morgan fingerprint density at radius 2 is 2.06 bits per heavy atom. The maximum Gasteiger partial charge on any atom is 0.226 e. The predicted octanol–water partition coefficient (Wildman–Crippen LogP) is 5.03. The van der Waals surface area contributed by atoms with Crippen LogP contribution in [0.3, 0.4) is 0 Å². The zero-order valence-electron chi connectivity index (χ0n) is 17.9. The molecule has 1 aliphatic heterocycles. The smallest absolute Gasteiger partial charge is 0.226 e. The number of fused-ring (bicyclic) bond motifs is 1. The van der Waals surface area contributed by atoms with Crippen molar-refractivity contribution >= 4 is 23.3 Å². The lowest BCUT2D eigenvalue weighted by molar-refractivity contribution is -0.116. The number of aromatic nitrogens is 3. The van der Waals surface area contributed by atoms with Crippen molar-refractivity contribution in [2.75, 3.05) is 19.0 Å². The van der Waals surface area contributed by atoms with Gasteiger partial charge in [0.15, 0.2) is 23.1 Å². The molecule has 7 nitrogen and oxygen atoms in total. The average molecular weight is 451 g/mol. The highest BCUT2D eigenvalue weighted by Gasteiger charge is 2.37. The number of methoxy groups -OCH3 is 1. The molecule has 0 unspecified atom stereocenters. The topological polar surface area (TPSA) is 78.3 Å². The minimum Gasteiger partial charge on any atom is -0.493 e. The van der Waals surface area contributed by atoms with E-state index in [1.54, 1.807) is 11.8 Å². The van der Waals surface area contributed by atoms with Crippen molar-refractivity contribution in [2.45, 2.75) is 32.2 Å². The van der Waals surface area contributed by atoms with Crippen LogP contribution in [0.15, 0.2) is 53.7 Å². The van der Waals surface area contributed by atoms with Gasteiger partial charge >= 0.3 is 0 Å². The van der Waals surface area contributed by atoms with Crippen LogP contribution in [0.4, 0.5) is 5.95 Å². The van der Waals surface area contributed by atoms with Crippen LogP contribution >= 0.6 is 11.6 Å². The number of Topliss-reactive ketones (excluding diaryl/α,β-unsaturated/α-hetero) is 1. The molecule has 164 valence electrons. The number of benzene rings is 2. The van der Waals surface area contributed by atoms with Gasteiger partial charge in [0, 0.05) is 28.3 Å². The van der Waals surface area contributed by atoms with Gasteiger partial charge in [0.05, 0.1) is 13.7 Å². The normalized spacial score (nSPS) is 17.5. The van der Waals surface area contributed by atoms with Crippen molar-refractivity contribution < 1.29 is 14.3 Å². The van der Waals surface area contributed by atoms with E-state index in [9.17, 15) is 4.79 Å². The van der Waals surface area contributed by atoms with Crippen molar-refractivity contribution in [1.29, 1.82) is 0 Å². The summed E-state index contributed by atoms with van der Waals surface area (Å²) in [6.45, 7) is 2.46. The van der Waals surface area contributed by atoms with Crippen LogP contribution in [0.25, 0.3) is 11.4 Å². The molecule has 0 saturated carbocycles. The molecular weight excluding hydrogens is 428 g/mol. The minimum absolute atomic E-state index is 0.127. The summed E-state index contributed by atoms with van der Waals surface area (Å²) in [4.78, 5) is 17.8. The third kappa shape index (κ3) is 3.52. The fraction of sp³-hybridized carbons (Fsp3) is 0.292. The Labute approximate surface area is 191 Å². The second-order valence-electron chi connectivity index (χ2n) is 7.75. The molecule has 1 N–H and O–H groups in total. The molecule has 0 radical (unpaired) electrons. The summed E-state index contributed by atoms with van der Waals surface area (Å²) in [5.41, 5.74) is 3.35. The van der Waals surface area contributed by atoms with E-state index in [-0.39, 0.29) is 5.78 Å². The predicted molar refractivity (Wildman–Crippen MR) is 122 cm³/mol. The molecule has 3 aromatic rings. The van der Waals surface area contributed by atoms with E-state index in [4.69, 9.17) is 31.2 Å². The number of ketones is 1. The van der Waals surface area contributed by atoms with Crippen molar-refractivity contribution in [2.24, 2.45) is 0 Å². The van der Waals surface area contributed by atoms with E-state index in [2.05, 4.69) is 5.32 Å². The molecule has 8 heteroatoms. The molecule has 1 atom stereocenters. The largest absolute Gasteiger partial charge is 0.493 e. The quantitative estimate of drug-likeness (QED) is 0.587. The van der Waals surface area contributed by atoms with Crippen LogP contribution in [0.1, 0.15) is 37.8 Å². The number of halogens is 1. The van der Waals surface area contributed by atoms with Gasteiger partial charge in [0.25, 0.3) is 0 Å². The first-order valence-electron chi connectivity index (χ1n) is 10.7. The highest BCUT2D eigenvalue weighted by Crippen LogP contribution is 2.42. The van der Waals surface area contributed by atoms with Gasteiger partial charge in [0.1, 0.15) is 6.04 Å². The molecule has 2 heterocycles. The first kappa shape index (κ1) is 20.6. The molecule has 0 bridgehead atoms. The summed E-state index contributed by atoms with van der Waals surface area (Å²) in [7, 11) is 1.61. The number of hydrogen-bond acceptors (Lipinski definition) is 6. The van der Waals surface area contributed by atoms with E-state index in [0.29, 0.717) is 41.3 Å². The zero-order chi connectivity index (χ0) is 22.2. The maximum absolute atomic E-state index is 13.0. The number of carbonyl (C=O) groups is 1. The number of carbonyl (C=O) groups excluding carboxylic acids is 1. The lowest BCUT2D eigenvalue weighted by Crippen LogP contribution is -2.31. The van der Waals surface area contributed by atoms with Gasteiger partial charge in [-0.2, -0.15) is 4.98 Å². The Hall–Kier alpha value is -3.32. The highest BCUT2D eigenvalue weighted by atomic mass is 35.5. The molecule has 0 spiro atoms. The second kappa shape index (κ2) is 8.31. The summed E-state index contributed by atoms with van der Waals surface area (Å²) >= 11 is 6.18. The van der Waals surface area contributed by atoms with Crippen LogP contribution in [0, 0.1) is 0 Å². The van der Waals surface area contributed by atoms with Crippen molar-refractivity contribution in [3.63, 3.8) is 0 Å². The monoisotopic (exact) mass is 450 g/mol. The summed E-state index contributed by atoms with van der Waals surface area (Å²) < 4.78 is 13.0. The van der Waals surface area contributed by atoms with Gasteiger partial charge in [-0.15, -0.1) is 5.10 Å². The zero-order valence-corrected chi connectivity index (χ0v) is 18.6. The first-order valence-corrected chi connectivity index (χ1v) is 11.0. The van der Waals surface area contributed by atoms with E-state index < -0.39 is 6.04 Å². The van der Waals surface area contributed by atoms with Crippen LogP contribution in [-0.2, 0) is 4.79 Å². The Kier molecular flexibility index (Phi) is 5.35. The standard InChI is InChI=1S/C24H23ClN4O3/c1-3-32-19-11-10-14(13-20(19)31-2)22-21-17(8-5-9-18(21)30)26-24-27-23(28-29(22)24)15-6-4-7-16(25)12-15/h4,6-7,10-13,22H,3,5,8-9H2,1-2H3,(H,26,27,28)/t22-/m1/s1. The number of nitrogens with zero attached hydrogens (tertiary/aromatic N) is 3. The third-order valence-electron chi connectivity index (χ3n) is 5.75. The molecular formula is C24H23ClN4O3. The number of ether oxygens (including phenoxy) is 2. The fourth-order valence-electron chi connectivity index (χ4n) is 4.34. The fourth-order valence-corrected chi connectivity index (χ4v) is 4.53. The number of rotatable bonds is 5. The molecule has 2 aliphatic rings. The molecule has 0 fully saturated rings. The van der Waals surface area contributed by atoms with Gasteiger partial charge in [0.2, 0.25) is 5.95 Å². The van der Waals surface area contributed by atoms with Gasteiger partial charge in [-0.25, -0.2) is 4.68 Å². The third-order valence-corrected chi connectivity index (χ3v) is 5.99. The van der Waals surface area contributed by atoms with Crippen molar-refractivity contribution in [3.05, 3.63) is 64.3 Å². The van der Waals surface area contributed by atoms with E-state index in [0.717, 1.165) is 35.2 Å². The van der Waals surface area contributed by atoms with Crippen LogP contribution < -0.4 is 14.8 Å². The lowest BCUT2D eigenvalue weighted by atomic mass is 9.85. The molecule has 32 heavy (non-hydrogen) atoms. The summed E-state index contributed by atoms with van der Waals surface area (Å²) in [6.07, 6.45) is 2.14. The number of hydrogen-bond donors (Lipinski definition) is 1. The number of anilines is 1. The maximum atomic E-state index is 13.0. The molecule has 5 rings (SSSR count). The van der Waals surface area contributed by atoms with Gasteiger partial charge in [-0.3, -0.25) is 4.79 Å². The van der Waals surface area contributed by atoms with Crippen molar-refractivity contribution in [3.8, 4) is 22.9 Å². The lowest BCUT2D eigenvalue weighted by Gasteiger charge is -2.32. The summed E-state index contributed by atoms with van der Waals surface area (Å²) in [5, 5.41) is 8.75. The Bertz CT molecular complexity index is 1230. The van der Waals surface area contributed by atoms with Crippen molar-refractivity contribution in [1.82, 2.24) is 14.8 Å². The van der Waals surface area contributed by atoms with Crippen LogP contribution in [0.5, 0.6) is 11.5 Å². The number of allylic oxidation sites excluding steroid dienone is 2. The molecule has 2 aromatic carbocycles. The molecule has 0 saturated heterocycles. The summed E-state index contributed by atoms with van der Waals surface area (Å²) in [6, 6.07) is 12.8. The average Bonchev–Trinajstić information content (AvgIpc) is 3.22. The first-order chi connectivity index (χ1) is 15.6. The Morgan fingerprint density at radius 1 is 1.19 bits per heavy atom. The number of nitrogens with one attached hydrogen (secondary N) is 1. The van der Waals surface area contributed by atoms with E-state index >= 15 is 0 Å². The van der Waals surface area contributed by atoms with Gasteiger partial charge in [-0.05, 0) is 49.6 Å². The van der Waals surface area contributed by atoms with Crippen LogP contribution in [0.2, 0.25) is 5.02 Å². The Balaban J connectivity index is 1.66. The molecule has 1 aromatic heterocycles.